The first-order valence-corrected chi connectivity index (χ1v) is 6.87. The normalized spacial score (nSPS) is 12.0. The Morgan fingerprint density at radius 3 is 1.86 bits per heavy atom. The van der Waals surface area contributed by atoms with Gasteiger partial charge in [0, 0.05) is 5.56 Å². The largest absolute Gasteiger partial charge is 0.508 e. The van der Waals surface area contributed by atoms with Gasteiger partial charge in [0.2, 0.25) is 0 Å². The number of aromatic hydroxyl groups is 1. The van der Waals surface area contributed by atoms with Crippen molar-refractivity contribution in [2.75, 3.05) is 0 Å². The molecule has 0 aliphatic carbocycles. The standard InChI is InChI=1S/C19H16O2/c20-18-9-5-4-8-17(18)19(21)16-12-10-15(11-13-16)14-6-2-1-3-7-14/h1-13,19-21H. The Morgan fingerprint density at radius 2 is 1.19 bits per heavy atom. The highest BCUT2D eigenvalue weighted by molar-refractivity contribution is 5.63. The Hall–Kier alpha value is -2.58. The van der Waals surface area contributed by atoms with Crippen molar-refractivity contribution in [1.29, 1.82) is 0 Å². The Labute approximate surface area is 123 Å². The van der Waals surface area contributed by atoms with Crippen LogP contribution in [0.1, 0.15) is 17.2 Å². The minimum absolute atomic E-state index is 0.108. The maximum Gasteiger partial charge on any atom is 0.121 e. The summed E-state index contributed by atoms with van der Waals surface area (Å²) < 4.78 is 0. The van der Waals surface area contributed by atoms with E-state index in [1.165, 1.54) is 0 Å². The lowest BCUT2D eigenvalue weighted by molar-refractivity contribution is 0.215. The van der Waals surface area contributed by atoms with Crippen LogP contribution in [0.4, 0.5) is 0 Å². The van der Waals surface area contributed by atoms with Gasteiger partial charge in [-0.2, -0.15) is 0 Å². The molecule has 1 unspecified atom stereocenters. The fraction of sp³-hybridized carbons (Fsp3) is 0.0526. The summed E-state index contributed by atoms with van der Waals surface area (Å²) in [5.74, 6) is 0.108. The highest BCUT2D eigenvalue weighted by atomic mass is 16.3. The lowest BCUT2D eigenvalue weighted by atomic mass is 9.98. The first kappa shape index (κ1) is 13.4. The van der Waals surface area contributed by atoms with Crippen LogP contribution in [0.15, 0.2) is 78.9 Å². The molecule has 2 N–H and O–H groups in total. The molecule has 3 rings (SSSR count). The molecular weight excluding hydrogens is 260 g/mol. The molecular formula is C19H16O2. The van der Waals surface area contributed by atoms with Crippen LogP contribution in [0, 0.1) is 0 Å². The molecule has 2 heteroatoms. The zero-order valence-corrected chi connectivity index (χ0v) is 11.5. The number of rotatable bonds is 3. The zero-order valence-electron chi connectivity index (χ0n) is 11.5. The van der Waals surface area contributed by atoms with Gasteiger partial charge in [-0.05, 0) is 22.8 Å². The molecule has 0 bridgehead atoms. The molecule has 21 heavy (non-hydrogen) atoms. The van der Waals surface area contributed by atoms with Crippen molar-refractivity contribution in [3.05, 3.63) is 90.0 Å². The van der Waals surface area contributed by atoms with Crippen molar-refractivity contribution in [3.63, 3.8) is 0 Å². The van der Waals surface area contributed by atoms with Gasteiger partial charge >= 0.3 is 0 Å². The van der Waals surface area contributed by atoms with E-state index >= 15 is 0 Å². The molecule has 0 aliphatic rings. The van der Waals surface area contributed by atoms with Gasteiger partial charge < -0.3 is 10.2 Å². The second-order valence-electron chi connectivity index (χ2n) is 4.95. The van der Waals surface area contributed by atoms with Crippen LogP contribution in [-0.2, 0) is 0 Å². The third kappa shape index (κ3) is 2.81. The number of aliphatic hydroxyl groups excluding tert-OH is 1. The second-order valence-corrected chi connectivity index (χ2v) is 4.95. The first-order valence-electron chi connectivity index (χ1n) is 6.87. The third-order valence-corrected chi connectivity index (χ3v) is 3.56. The summed E-state index contributed by atoms with van der Waals surface area (Å²) in [6.45, 7) is 0. The minimum Gasteiger partial charge on any atom is -0.508 e. The first-order chi connectivity index (χ1) is 10.3. The molecule has 0 radical (unpaired) electrons. The van der Waals surface area contributed by atoms with Crippen molar-refractivity contribution in [2.45, 2.75) is 6.10 Å². The quantitative estimate of drug-likeness (QED) is 0.754. The molecule has 0 aromatic heterocycles. The predicted octanol–water partition coefficient (Wildman–Crippen LogP) is 4.14. The van der Waals surface area contributed by atoms with E-state index in [1.54, 1.807) is 24.3 Å². The van der Waals surface area contributed by atoms with E-state index in [9.17, 15) is 10.2 Å². The number of phenols is 1. The van der Waals surface area contributed by atoms with Crippen molar-refractivity contribution >= 4 is 0 Å². The summed E-state index contributed by atoms with van der Waals surface area (Å²) in [5, 5.41) is 20.2. The molecule has 3 aromatic rings. The number of aliphatic hydroxyl groups is 1. The summed E-state index contributed by atoms with van der Waals surface area (Å²) in [6, 6.07) is 24.7. The van der Waals surface area contributed by atoms with Gasteiger partial charge in [0.15, 0.2) is 0 Å². The number of benzene rings is 3. The third-order valence-electron chi connectivity index (χ3n) is 3.56. The number of hydrogen-bond acceptors (Lipinski definition) is 2. The molecule has 3 aromatic carbocycles. The fourth-order valence-electron chi connectivity index (χ4n) is 2.39. The number of hydrogen-bond donors (Lipinski definition) is 2. The molecule has 0 saturated carbocycles. The van der Waals surface area contributed by atoms with E-state index in [0.29, 0.717) is 5.56 Å². The maximum absolute atomic E-state index is 10.4. The van der Waals surface area contributed by atoms with Crippen molar-refractivity contribution in [3.8, 4) is 16.9 Å². The molecule has 0 amide bonds. The van der Waals surface area contributed by atoms with E-state index in [-0.39, 0.29) is 5.75 Å². The van der Waals surface area contributed by atoms with Gasteiger partial charge in [0.05, 0.1) is 0 Å². The molecule has 104 valence electrons. The highest BCUT2D eigenvalue weighted by Gasteiger charge is 2.13. The SMILES string of the molecule is Oc1ccccc1C(O)c1ccc(-c2ccccc2)cc1. The summed E-state index contributed by atoms with van der Waals surface area (Å²) >= 11 is 0. The summed E-state index contributed by atoms with van der Waals surface area (Å²) in [5.41, 5.74) is 3.52. The van der Waals surface area contributed by atoms with Gasteiger partial charge in [-0.15, -0.1) is 0 Å². The van der Waals surface area contributed by atoms with Crippen LogP contribution < -0.4 is 0 Å². The molecule has 0 saturated heterocycles. The predicted molar refractivity (Wildman–Crippen MR) is 84.0 cm³/mol. The van der Waals surface area contributed by atoms with Gasteiger partial charge in [0.1, 0.15) is 11.9 Å². The van der Waals surface area contributed by atoms with Crippen molar-refractivity contribution in [2.24, 2.45) is 0 Å². The average Bonchev–Trinajstić information content (AvgIpc) is 2.56. The Bertz CT molecular complexity index is 718. The van der Waals surface area contributed by atoms with Crippen molar-refractivity contribution < 1.29 is 10.2 Å². The Kier molecular flexibility index (Phi) is 3.71. The maximum atomic E-state index is 10.4. The monoisotopic (exact) mass is 276 g/mol. The van der Waals surface area contributed by atoms with E-state index in [2.05, 4.69) is 12.1 Å². The smallest absolute Gasteiger partial charge is 0.121 e. The van der Waals surface area contributed by atoms with Crippen LogP contribution in [0.2, 0.25) is 0 Å². The minimum atomic E-state index is -0.823. The zero-order chi connectivity index (χ0) is 14.7. The van der Waals surface area contributed by atoms with Crippen LogP contribution >= 0.6 is 0 Å². The van der Waals surface area contributed by atoms with Crippen LogP contribution in [-0.4, -0.2) is 10.2 Å². The van der Waals surface area contributed by atoms with Gasteiger partial charge in [-0.25, -0.2) is 0 Å². The molecule has 2 nitrogen and oxygen atoms in total. The highest BCUT2D eigenvalue weighted by Crippen LogP contribution is 2.30. The van der Waals surface area contributed by atoms with Crippen molar-refractivity contribution in [1.82, 2.24) is 0 Å². The van der Waals surface area contributed by atoms with Crippen LogP contribution in [0.5, 0.6) is 5.75 Å². The Morgan fingerprint density at radius 1 is 0.619 bits per heavy atom. The molecule has 0 spiro atoms. The number of phenolic OH excluding ortho intramolecular Hbond substituents is 1. The second kappa shape index (κ2) is 5.81. The lowest BCUT2D eigenvalue weighted by Crippen LogP contribution is -1.99. The van der Waals surface area contributed by atoms with Gasteiger partial charge in [-0.3, -0.25) is 0 Å². The number of para-hydroxylation sites is 1. The average molecular weight is 276 g/mol. The lowest BCUT2D eigenvalue weighted by Gasteiger charge is -2.13. The Balaban J connectivity index is 1.89. The summed E-state index contributed by atoms with van der Waals surface area (Å²) in [7, 11) is 0. The molecule has 0 heterocycles. The van der Waals surface area contributed by atoms with Crippen LogP contribution in [0.25, 0.3) is 11.1 Å². The van der Waals surface area contributed by atoms with Crippen LogP contribution in [0.3, 0.4) is 0 Å². The molecule has 0 aliphatic heterocycles. The fourth-order valence-corrected chi connectivity index (χ4v) is 2.39. The summed E-state index contributed by atoms with van der Waals surface area (Å²) in [4.78, 5) is 0. The van der Waals surface area contributed by atoms with E-state index in [0.717, 1.165) is 16.7 Å². The molecule has 1 atom stereocenters. The van der Waals surface area contributed by atoms with E-state index in [1.807, 2.05) is 42.5 Å². The van der Waals surface area contributed by atoms with Gasteiger partial charge in [0.25, 0.3) is 0 Å². The molecule has 0 fully saturated rings. The topological polar surface area (TPSA) is 40.5 Å². The van der Waals surface area contributed by atoms with Gasteiger partial charge in [-0.1, -0.05) is 72.8 Å². The summed E-state index contributed by atoms with van der Waals surface area (Å²) in [6.07, 6.45) is -0.823. The van der Waals surface area contributed by atoms with E-state index < -0.39 is 6.10 Å². The van der Waals surface area contributed by atoms with E-state index in [4.69, 9.17) is 0 Å².